The topological polar surface area (TPSA) is 40.5 Å². The molecule has 0 aliphatic carbocycles. The lowest BCUT2D eigenvalue weighted by Gasteiger charge is -2.14. The lowest BCUT2D eigenvalue weighted by molar-refractivity contribution is 0.475. The molecule has 0 saturated heterocycles. The highest BCUT2D eigenvalue weighted by atomic mass is 16.3. The number of benzene rings is 4. The van der Waals surface area contributed by atoms with Crippen LogP contribution in [0.2, 0.25) is 0 Å². The van der Waals surface area contributed by atoms with Crippen LogP contribution in [-0.2, 0) is 0 Å². The van der Waals surface area contributed by atoms with Gasteiger partial charge in [-0.1, -0.05) is 44.2 Å². The molecule has 0 radical (unpaired) electrons. The molecule has 0 fully saturated rings. The molecule has 0 amide bonds. The molecule has 0 heterocycles. The van der Waals surface area contributed by atoms with Crippen LogP contribution in [-0.4, -0.2) is 10.2 Å². The van der Waals surface area contributed by atoms with E-state index < -0.39 is 0 Å². The number of hydrogen-bond donors (Lipinski definition) is 2. The van der Waals surface area contributed by atoms with Crippen molar-refractivity contribution in [3.8, 4) is 11.5 Å². The maximum atomic E-state index is 10.1. The van der Waals surface area contributed by atoms with Crippen molar-refractivity contribution in [3.05, 3.63) is 60.2 Å². The van der Waals surface area contributed by atoms with Crippen molar-refractivity contribution in [1.82, 2.24) is 0 Å². The van der Waals surface area contributed by atoms with Crippen molar-refractivity contribution in [2.75, 3.05) is 0 Å². The lowest BCUT2D eigenvalue weighted by Crippen LogP contribution is -1.90. The van der Waals surface area contributed by atoms with E-state index in [4.69, 9.17) is 0 Å². The molecule has 0 aliphatic heterocycles. The monoisotopic (exact) mass is 302 g/mol. The van der Waals surface area contributed by atoms with Gasteiger partial charge in [0.05, 0.1) is 0 Å². The van der Waals surface area contributed by atoms with Crippen molar-refractivity contribution in [2.45, 2.75) is 19.8 Å². The predicted octanol–water partition coefficient (Wildman–Crippen LogP) is 5.68. The third-order valence-electron chi connectivity index (χ3n) is 4.57. The van der Waals surface area contributed by atoms with E-state index >= 15 is 0 Å². The summed E-state index contributed by atoms with van der Waals surface area (Å²) in [5.41, 5.74) is 1.15. The highest BCUT2D eigenvalue weighted by Crippen LogP contribution is 2.37. The molecule has 23 heavy (non-hydrogen) atoms. The number of phenolic OH excluding ortho intramolecular Hbond substituents is 2. The zero-order valence-electron chi connectivity index (χ0n) is 13.2. The van der Waals surface area contributed by atoms with Gasteiger partial charge < -0.3 is 10.2 Å². The second-order valence-electron chi connectivity index (χ2n) is 6.42. The second-order valence-corrected chi connectivity index (χ2v) is 6.42. The Morgan fingerprint density at radius 2 is 1.22 bits per heavy atom. The van der Waals surface area contributed by atoms with Crippen LogP contribution >= 0.6 is 0 Å². The predicted molar refractivity (Wildman–Crippen MR) is 96.4 cm³/mol. The fraction of sp³-hybridized carbons (Fsp3) is 0.143. The van der Waals surface area contributed by atoms with E-state index in [1.54, 1.807) is 12.1 Å². The van der Waals surface area contributed by atoms with Crippen LogP contribution in [0.4, 0.5) is 0 Å². The van der Waals surface area contributed by atoms with Gasteiger partial charge in [-0.25, -0.2) is 0 Å². The summed E-state index contributed by atoms with van der Waals surface area (Å²) in [5, 5.41) is 26.5. The van der Waals surface area contributed by atoms with Crippen molar-refractivity contribution in [2.24, 2.45) is 0 Å². The Morgan fingerprint density at radius 1 is 0.609 bits per heavy atom. The Kier molecular flexibility index (Phi) is 2.95. The minimum Gasteiger partial charge on any atom is -0.508 e. The van der Waals surface area contributed by atoms with E-state index in [2.05, 4.69) is 38.1 Å². The van der Waals surface area contributed by atoms with Gasteiger partial charge in [0.1, 0.15) is 11.5 Å². The van der Waals surface area contributed by atoms with Gasteiger partial charge >= 0.3 is 0 Å². The number of aromatic hydroxyl groups is 2. The highest BCUT2D eigenvalue weighted by Gasteiger charge is 2.11. The summed E-state index contributed by atoms with van der Waals surface area (Å²) >= 11 is 0. The quantitative estimate of drug-likeness (QED) is 0.444. The van der Waals surface area contributed by atoms with Crippen molar-refractivity contribution >= 4 is 32.3 Å². The molecule has 0 bridgehead atoms. The summed E-state index contributed by atoms with van der Waals surface area (Å²) in [6.45, 7) is 4.27. The van der Waals surface area contributed by atoms with E-state index in [1.165, 1.54) is 5.39 Å². The minimum absolute atomic E-state index is 0.267. The number of phenols is 2. The van der Waals surface area contributed by atoms with E-state index in [1.807, 2.05) is 18.2 Å². The first-order chi connectivity index (χ1) is 11.0. The Bertz CT molecular complexity index is 1060. The van der Waals surface area contributed by atoms with Gasteiger partial charge in [0.15, 0.2) is 0 Å². The second kappa shape index (κ2) is 4.88. The normalized spacial score (nSPS) is 11.8. The molecule has 2 N–H and O–H groups in total. The van der Waals surface area contributed by atoms with Crippen LogP contribution in [0.25, 0.3) is 32.3 Å². The molecular weight excluding hydrogens is 284 g/mol. The van der Waals surface area contributed by atoms with Crippen LogP contribution in [0.5, 0.6) is 11.5 Å². The van der Waals surface area contributed by atoms with Gasteiger partial charge in [-0.2, -0.15) is 0 Å². The molecule has 2 nitrogen and oxygen atoms in total. The summed E-state index contributed by atoms with van der Waals surface area (Å²) in [6, 6.07) is 17.5. The molecule has 0 saturated carbocycles. The summed E-state index contributed by atoms with van der Waals surface area (Å²) in [4.78, 5) is 0. The average molecular weight is 302 g/mol. The maximum absolute atomic E-state index is 10.1. The van der Waals surface area contributed by atoms with Crippen LogP contribution in [0.1, 0.15) is 25.3 Å². The molecule has 0 aromatic heterocycles. The Labute approximate surface area is 134 Å². The lowest BCUT2D eigenvalue weighted by atomic mass is 9.91. The van der Waals surface area contributed by atoms with Gasteiger partial charge in [0.2, 0.25) is 0 Å². The van der Waals surface area contributed by atoms with Crippen LogP contribution in [0.15, 0.2) is 54.6 Å². The fourth-order valence-electron chi connectivity index (χ4n) is 3.46. The average Bonchev–Trinajstić information content (AvgIpc) is 2.53. The molecule has 4 aromatic rings. The zero-order chi connectivity index (χ0) is 16.1. The largest absolute Gasteiger partial charge is 0.508 e. The first-order valence-electron chi connectivity index (χ1n) is 7.85. The highest BCUT2D eigenvalue weighted by molar-refractivity contribution is 6.18. The molecule has 4 aromatic carbocycles. The maximum Gasteiger partial charge on any atom is 0.116 e. The van der Waals surface area contributed by atoms with Gasteiger partial charge in [0.25, 0.3) is 0 Å². The molecule has 0 unspecified atom stereocenters. The van der Waals surface area contributed by atoms with Crippen molar-refractivity contribution < 1.29 is 10.2 Å². The smallest absolute Gasteiger partial charge is 0.116 e. The third kappa shape index (κ3) is 2.10. The Balaban J connectivity index is 2.21. The van der Waals surface area contributed by atoms with Crippen molar-refractivity contribution in [3.63, 3.8) is 0 Å². The molecule has 114 valence electrons. The standard InChI is InChI=1S/C21H18O2/c1-12(2)19-10-15(23)11-21-17-6-4-13-3-5-14(22)9-20(13)16(17)7-8-18(19)21/h3-12,22-23H,1-2H3. The third-order valence-corrected chi connectivity index (χ3v) is 4.57. The Morgan fingerprint density at radius 3 is 2.00 bits per heavy atom. The number of rotatable bonds is 1. The molecule has 2 heteroatoms. The molecule has 0 spiro atoms. The number of fused-ring (bicyclic) bond motifs is 5. The SMILES string of the molecule is CC(C)c1cc(O)cc2c1ccc1c3cc(O)ccc3ccc21. The first kappa shape index (κ1) is 13.9. The fourth-order valence-corrected chi connectivity index (χ4v) is 3.46. The van der Waals surface area contributed by atoms with Gasteiger partial charge in [0, 0.05) is 0 Å². The molecule has 0 atom stereocenters. The summed E-state index contributed by atoms with van der Waals surface area (Å²) in [5.74, 6) is 0.903. The molecule has 4 rings (SSSR count). The number of hydrogen-bond acceptors (Lipinski definition) is 2. The van der Waals surface area contributed by atoms with Gasteiger partial charge in [-0.3, -0.25) is 0 Å². The first-order valence-corrected chi connectivity index (χ1v) is 7.85. The van der Waals surface area contributed by atoms with Gasteiger partial charge in [-0.15, -0.1) is 0 Å². The van der Waals surface area contributed by atoms with Crippen molar-refractivity contribution in [1.29, 1.82) is 0 Å². The summed E-state index contributed by atoms with van der Waals surface area (Å²) in [7, 11) is 0. The Hall–Kier alpha value is -2.74. The van der Waals surface area contributed by atoms with E-state index in [-0.39, 0.29) is 5.75 Å². The van der Waals surface area contributed by atoms with Crippen LogP contribution in [0, 0.1) is 0 Å². The van der Waals surface area contributed by atoms with Gasteiger partial charge in [-0.05, 0) is 68.1 Å². The van der Waals surface area contributed by atoms with E-state index in [9.17, 15) is 10.2 Å². The summed E-state index contributed by atoms with van der Waals surface area (Å²) < 4.78 is 0. The van der Waals surface area contributed by atoms with Crippen LogP contribution in [0.3, 0.4) is 0 Å². The van der Waals surface area contributed by atoms with Crippen LogP contribution < -0.4 is 0 Å². The zero-order valence-corrected chi connectivity index (χ0v) is 13.2. The minimum atomic E-state index is 0.267. The summed E-state index contributed by atoms with van der Waals surface area (Å²) in [6.07, 6.45) is 0. The molecule has 0 aliphatic rings. The van der Waals surface area contributed by atoms with E-state index in [0.717, 1.165) is 32.5 Å². The van der Waals surface area contributed by atoms with E-state index in [0.29, 0.717) is 11.7 Å². The molecular formula is C21H18O2.